The van der Waals surface area contributed by atoms with E-state index in [1.54, 1.807) is 25.1 Å². The quantitative estimate of drug-likeness (QED) is 0.585. The molecule has 0 fully saturated rings. The summed E-state index contributed by atoms with van der Waals surface area (Å²) in [5.74, 6) is -0.547. The topological polar surface area (TPSA) is 68.4 Å². The second kappa shape index (κ2) is 9.28. The third kappa shape index (κ3) is 4.54. The van der Waals surface area contributed by atoms with E-state index in [9.17, 15) is 14.0 Å². The van der Waals surface area contributed by atoms with Crippen LogP contribution in [0.15, 0.2) is 35.4 Å². The van der Waals surface area contributed by atoms with Gasteiger partial charge < -0.3 is 10.2 Å². The first kappa shape index (κ1) is 21.1. The minimum Gasteiger partial charge on any atom is -0.346 e. The zero-order chi connectivity index (χ0) is 21.0. The number of benzene rings is 1. The van der Waals surface area contributed by atoms with Crippen LogP contribution in [0.2, 0.25) is 0 Å². The van der Waals surface area contributed by atoms with Gasteiger partial charge in [-0.2, -0.15) is 0 Å². The van der Waals surface area contributed by atoms with E-state index in [4.69, 9.17) is 0 Å². The van der Waals surface area contributed by atoms with Crippen molar-refractivity contribution in [3.05, 3.63) is 62.8 Å². The second-order valence-corrected chi connectivity index (χ2v) is 7.97. The van der Waals surface area contributed by atoms with E-state index in [-0.39, 0.29) is 23.8 Å². The second-order valence-electron chi connectivity index (χ2n) is 6.97. The lowest BCUT2D eigenvalue weighted by Gasteiger charge is -2.15. The van der Waals surface area contributed by atoms with Gasteiger partial charge in [0.25, 0.3) is 11.5 Å². The minimum atomic E-state index is -0.364. The summed E-state index contributed by atoms with van der Waals surface area (Å²) in [6, 6.07) is 6.35. The van der Waals surface area contributed by atoms with E-state index in [2.05, 4.69) is 24.1 Å². The molecule has 0 aliphatic rings. The number of nitrogens with zero attached hydrogens (tertiary/aromatic N) is 2. The van der Waals surface area contributed by atoms with Gasteiger partial charge in [-0.05, 0) is 32.4 Å². The van der Waals surface area contributed by atoms with Crippen molar-refractivity contribution in [3.8, 4) is 0 Å². The fourth-order valence-electron chi connectivity index (χ4n) is 3.34. The first-order chi connectivity index (χ1) is 14.0. The smallest absolute Gasteiger partial charge is 0.262 e. The average Bonchev–Trinajstić information content (AvgIpc) is 3.06. The molecular formula is C21H26FN4O2S+. The summed E-state index contributed by atoms with van der Waals surface area (Å²) in [5.41, 5.74) is 0.775. The zero-order valence-corrected chi connectivity index (χ0v) is 17.7. The van der Waals surface area contributed by atoms with Crippen molar-refractivity contribution in [1.82, 2.24) is 14.9 Å². The molecule has 0 atom stereocenters. The van der Waals surface area contributed by atoms with Crippen LogP contribution >= 0.6 is 11.3 Å². The van der Waals surface area contributed by atoms with E-state index >= 15 is 0 Å². The summed E-state index contributed by atoms with van der Waals surface area (Å²) in [7, 11) is 0. The maximum Gasteiger partial charge on any atom is 0.262 e. The Hall–Kier alpha value is -2.58. The maximum absolute atomic E-state index is 13.9. The highest BCUT2D eigenvalue weighted by atomic mass is 32.1. The molecule has 0 spiro atoms. The zero-order valence-electron chi connectivity index (χ0n) is 16.9. The van der Waals surface area contributed by atoms with Crippen LogP contribution < -0.4 is 15.8 Å². The predicted octanol–water partition coefficient (Wildman–Crippen LogP) is 1.61. The molecular weight excluding hydrogens is 391 g/mol. The summed E-state index contributed by atoms with van der Waals surface area (Å²) in [6.45, 7) is 9.56. The van der Waals surface area contributed by atoms with Crippen molar-refractivity contribution >= 4 is 27.5 Å². The van der Waals surface area contributed by atoms with Crippen LogP contribution in [0.1, 0.15) is 34.6 Å². The number of fused-ring (bicyclic) bond motifs is 1. The molecule has 0 saturated carbocycles. The largest absolute Gasteiger partial charge is 0.346 e. The molecule has 0 bridgehead atoms. The number of likely N-dealkylation sites (N-methyl/N-ethyl adjacent to an activating group) is 1. The Labute approximate surface area is 173 Å². The van der Waals surface area contributed by atoms with Gasteiger partial charge in [0.2, 0.25) is 0 Å². The third-order valence-electron chi connectivity index (χ3n) is 5.19. The molecule has 154 valence electrons. The van der Waals surface area contributed by atoms with Crippen molar-refractivity contribution in [2.75, 3.05) is 26.2 Å². The lowest BCUT2D eigenvalue weighted by atomic mass is 10.2. The number of carbonyl (C=O) groups is 1. The number of quaternary nitrogens is 1. The number of thiophene rings is 1. The molecule has 2 heterocycles. The van der Waals surface area contributed by atoms with Gasteiger partial charge in [0.1, 0.15) is 10.6 Å². The predicted molar refractivity (Wildman–Crippen MR) is 113 cm³/mol. The summed E-state index contributed by atoms with van der Waals surface area (Å²) in [5, 5.41) is 3.37. The molecule has 2 aromatic heterocycles. The number of hydrogen-bond donors (Lipinski definition) is 2. The molecule has 6 nitrogen and oxygen atoms in total. The van der Waals surface area contributed by atoms with Gasteiger partial charge in [-0.15, -0.1) is 11.3 Å². The number of aryl methyl sites for hydroxylation is 1. The average molecular weight is 418 g/mol. The van der Waals surface area contributed by atoms with Crippen molar-refractivity contribution in [2.24, 2.45) is 0 Å². The highest BCUT2D eigenvalue weighted by Gasteiger charge is 2.20. The number of nitrogens with one attached hydrogen (secondary N) is 2. The Bertz CT molecular complexity index is 1070. The van der Waals surface area contributed by atoms with Crippen LogP contribution in [-0.2, 0) is 6.54 Å². The van der Waals surface area contributed by atoms with Crippen LogP contribution in [-0.4, -0.2) is 41.6 Å². The fraction of sp³-hybridized carbons (Fsp3) is 0.381. The molecule has 8 heteroatoms. The van der Waals surface area contributed by atoms with Crippen LogP contribution in [0.3, 0.4) is 0 Å². The number of hydrogen-bond acceptors (Lipinski definition) is 4. The van der Waals surface area contributed by atoms with Crippen molar-refractivity contribution in [2.45, 2.75) is 27.3 Å². The molecule has 3 rings (SSSR count). The summed E-state index contributed by atoms with van der Waals surface area (Å²) < 4.78 is 15.3. The molecule has 3 aromatic rings. The first-order valence-corrected chi connectivity index (χ1v) is 10.6. The number of carbonyl (C=O) groups excluding carboxylic acids is 1. The molecule has 2 N–H and O–H groups in total. The fourth-order valence-corrected chi connectivity index (χ4v) is 4.39. The third-order valence-corrected chi connectivity index (χ3v) is 6.38. The lowest BCUT2D eigenvalue weighted by Crippen LogP contribution is -3.12. The lowest BCUT2D eigenvalue weighted by molar-refractivity contribution is -0.895. The van der Waals surface area contributed by atoms with Crippen molar-refractivity contribution in [3.63, 3.8) is 0 Å². The molecule has 0 saturated heterocycles. The molecule has 29 heavy (non-hydrogen) atoms. The highest BCUT2D eigenvalue weighted by Crippen LogP contribution is 2.26. The summed E-state index contributed by atoms with van der Waals surface area (Å²) in [6.07, 6.45) is 1.42. The molecule has 0 aliphatic heterocycles. The van der Waals surface area contributed by atoms with E-state index in [0.29, 0.717) is 32.8 Å². The van der Waals surface area contributed by atoms with Gasteiger partial charge in [-0.1, -0.05) is 18.2 Å². The summed E-state index contributed by atoms with van der Waals surface area (Å²) in [4.78, 5) is 32.4. The Morgan fingerprint density at radius 1 is 1.28 bits per heavy atom. The first-order valence-electron chi connectivity index (χ1n) is 9.79. The molecule has 1 aromatic carbocycles. The molecule has 1 amide bonds. The minimum absolute atomic E-state index is 0.0951. The Balaban J connectivity index is 1.84. The van der Waals surface area contributed by atoms with E-state index in [1.165, 1.54) is 33.2 Å². The SMILES string of the molecule is CC[NH+](CC)CCNC(=O)c1sc2ncn(Cc3ccccc3F)c(=O)c2c1C. The van der Waals surface area contributed by atoms with E-state index in [1.807, 2.05) is 0 Å². The normalized spacial score (nSPS) is 11.3. The Morgan fingerprint density at radius 2 is 2.00 bits per heavy atom. The van der Waals surface area contributed by atoms with Crippen LogP contribution in [0.25, 0.3) is 10.2 Å². The maximum atomic E-state index is 13.9. The molecule has 0 unspecified atom stereocenters. The van der Waals surface area contributed by atoms with E-state index < -0.39 is 0 Å². The number of rotatable bonds is 8. The van der Waals surface area contributed by atoms with Crippen LogP contribution in [0, 0.1) is 12.7 Å². The van der Waals surface area contributed by atoms with Gasteiger partial charge in [-0.25, -0.2) is 9.37 Å². The van der Waals surface area contributed by atoms with Gasteiger partial charge in [0.05, 0.1) is 49.3 Å². The molecule has 0 radical (unpaired) electrons. The van der Waals surface area contributed by atoms with Gasteiger partial charge >= 0.3 is 0 Å². The van der Waals surface area contributed by atoms with Gasteiger partial charge in [0.15, 0.2) is 0 Å². The Kier molecular flexibility index (Phi) is 6.76. The van der Waals surface area contributed by atoms with E-state index in [0.717, 1.165) is 19.6 Å². The molecule has 0 aliphatic carbocycles. The Morgan fingerprint density at radius 3 is 2.69 bits per heavy atom. The monoisotopic (exact) mass is 417 g/mol. The van der Waals surface area contributed by atoms with Crippen LogP contribution in [0.5, 0.6) is 0 Å². The van der Waals surface area contributed by atoms with Crippen molar-refractivity contribution in [1.29, 1.82) is 0 Å². The standard InChI is InChI=1S/C21H25FN4O2S/c1-4-25(5-2)11-10-23-19(27)18-14(3)17-20(29-18)24-13-26(21(17)28)12-15-8-6-7-9-16(15)22/h6-9,13H,4-5,10-12H2,1-3H3,(H,23,27)/p+1. The number of halogens is 1. The van der Waals surface area contributed by atoms with Crippen molar-refractivity contribution < 1.29 is 14.1 Å². The number of aromatic nitrogens is 2. The summed E-state index contributed by atoms with van der Waals surface area (Å²) >= 11 is 1.22. The van der Waals surface area contributed by atoms with Crippen LogP contribution in [0.4, 0.5) is 4.39 Å². The highest BCUT2D eigenvalue weighted by molar-refractivity contribution is 7.20. The number of amides is 1. The van der Waals surface area contributed by atoms with Gasteiger partial charge in [0, 0.05) is 5.56 Å². The van der Waals surface area contributed by atoms with Gasteiger partial charge in [-0.3, -0.25) is 14.2 Å².